The molecule has 0 aromatic heterocycles. The van der Waals surface area contributed by atoms with Crippen LogP contribution in [0.15, 0.2) is 97.2 Å². The van der Waals surface area contributed by atoms with E-state index < -0.39 is 6.10 Å². The summed E-state index contributed by atoms with van der Waals surface area (Å²) in [4.78, 5) is 37.5. The fourth-order valence-corrected chi connectivity index (χ4v) is 4.84. The smallest absolute Gasteiger partial charge is 0.306 e. The molecule has 0 aliphatic carbocycles. The van der Waals surface area contributed by atoms with Crippen LogP contribution in [0, 0.1) is 0 Å². The van der Waals surface area contributed by atoms with Crippen molar-refractivity contribution < 1.29 is 28.6 Å². The van der Waals surface area contributed by atoms with Crippen molar-refractivity contribution in [3.63, 3.8) is 0 Å². The van der Waals surface area contributed by atoms with Gasteiger partial charge in [0.1, 0.15) is 13.2 Å². The van der Waals surface area contributed by atoms with Crippen molar-refractivity contribution >= 4 is 17.9 Å². The Labute approximate surface area is 317 Å². The molecule has 0 aromatic carbocycles. The highest BCUT2D eigenvalue weighted by Crippen LogP contribution is 2.10. The van der Waals surface area contributed by atoms with Gasteiger partial charge in [-0.2, -0.15) is 0 Å². The molecule has 0 amide bonds. The van der Waals surface area contributed by atoms with Crippen LogP contribution in [0.3, 0.4) is 0 Å². The first-order chi connectivity index (χ1) is 25.5. The first kappa shape index (κ1) is 48.3. The summed E-state index contributed by atoms with van der Waals surface area (Å²) < 4.78 is 16.5. The lowest BCUT2D eigenvalue weighted by Gasteiger charge is -2.18. The third-order valence-electron chi connectivity index (χ3n) is 7.95. The third-order valence-corrected chi connectivity index (χ3v) is 7.95. The van der Waals surface area contributed by atoms with Crippen LogP contribution in [0.1, 0.15) is 156 Å². The zero-order valence-corrected chi connectivity index (χ0v) is 33.0. The van der Waals surface area contributed by atoms with Crippen LogP contribution in [-0.2, 0) is 28.6 Å². The number of esters is 3. The SMILES string of the molecule is CC\C=C/C=C\C=C/C=C\C=C/CCCC(=O)OCC(COC(=O)CCCCCC/C=C\CCCC)OC(=O)CCCCC/C=C\C=C/CCCC. The van der Waals surface area contributed by atoms with Crippen LogP contribution in [-0.4, -0.2) is 37.2 Å². The van der Waals surface area contributed by atoms with Gasteiger partial charge in [0.25, 0.3) is 0 Å². The first-order valence-electron chi connectivity index (χ1n) is 20.3. The molecule has 0 aliphatic heterocycles. The molecule has 1 unspecified atom stereocenters. The molecule has 0 rings (SSSR count). The molecule has 6 heteroatoms. The summed E-state index contributed by atoms with van der Waals surface area (Å²) in [5, 5.41) is 0. The van der Waals surface area contributed by atoms with Gasteiger partial charge in [0.2, 0.25) is 0 Å². The number of unbranched alkanes of at least 4 members (excludes halogenated alkanes) is 12. The largest absolute Gasteiger partial charge is 0.462 e. The number of ether oxygens (including phenoxy) is 3. The normalized spacial score (nSPS) is 13.1. The van der Waals surface area contributed by atoms with Gasteiger partial charge in [-0.3, -0.25) is 14.4 Å². The molecule has 1 atom stereocenters. The molecule has 0 aromatic rings. The van der Waals surface area contributed by atoms with E-state index in [1.54, 1.807) is 0 Å². The molecule has 0 radical (unpaired) electrons. The number of hydrogen-bond donors (Lipinski definition) is 0. The number of allylic oxidation sites excluding steroid dienone is 16. The monoisotopic (exact) mass is 721 g/mol. The zero-order valence-electron chi connectivity index (χ0n) is 33.0. The number of carbonyl (C=O) groups excluding carboxylic acids is 3. The molecule has 0 fully saturated rings. The summed E-state index contributed by atoms with van der Waals surface area (Å²) in [6, 6.07) is 0. The maximum Gasteiger partial charge on any atom is 0.306 e. The van der Waals surface area contributed by atoms with E-state index in [1.807, 2.05) is 54.7 Å². The molecule has 6 nitrogen and oxygen atoms in total. The molecule has 0 spiro atoms. The average molecular weight is 721 g/mol. The highest BCUT2D eigenvalue weighted by atomic mass is 16.6. The van der Waals surface area contributed by atoms with Crippen molar-refractivity contribution in [2.75, 3.05) is 13.2 Å². The van der Waals surface area contributed by atoms with E-state index in [4.69, 9.17) is 14.2 Å². The fourth-order valence-electron chi connectivity index (χ4n) is 4.84. The van der Waals surface area contributed by atoms with Crippen molar-refractivity contribution in [3.05, 3.63) is 97.2 Å². The average Bonchev–Trinajstić information content (AvgIpc) is 3.14. The lowest BCUT2D eigenvalue weighted by atomic mass is 10.1. The van der Waals surface area contributed by atoms with Crippen molar-refractivity contribution in [2.24, 2.45) is 0 Å². The predicted octanol–water partition coefficient (Wildman–Crippen LogP) is 12.7. The van der Waals surface area contributed by atoms with E-state index in [0.29, 0.717) is 19.3 Å². The topological polar surface area (TPSA) is 78.9 Å². The Hall–Kier alpha value is -3.67. The predicted molar refractivity (Wildman–Crippen MR) is 219 cm³/mol. The van der Waals surface area contributed by atoms with E-state index in [0.717, 1.165) is 77.0 Å². The standard InChI is InChI=1S/C46H72O6/c1-4-7-10-13-16-19-22-23-25-27-30-33-36-39-45(48)51-42-43(41-50-44(47)38-35-32-29-26-21-18-15-12-9-6-3)52-46(49)40-37-34-31-28-24-20-17-14-11-8-5-2/h7,10,13-20,22-25,27,30,43H,4-6,8-9,11-12,21,26,28-29,31-42H2,1-3H3/b10-7-,16-13-,17-14-,18-15-,22-19-,24-20-,25-23-,30-27-. The fraction of sp³-hybridized carbons (Fsp3) is 0.587. The molecule has 0 saturated carbocycles. The van der Waals surface area contributed by atoms with Crippen LogP contribution < -0.4 is 0 Å². The maximum absolute atomic E-state index is 12.6. The Morgan fingerprint density at radius 3 is 1.35 bits per heavy atom. The van der Waals surface area contributed by atoms with E-state index in [-0.39, 0.29) is 44.0 Å². The van der Waals surface area contributed by atoms with Crippen molar-refractivity contribution in [1.82, 2.24) is 0 Å². The Morgan fingerprint density at radius 2 is 0.788 bits per heavy atom. The zero-order chi connectivity index (χ0) is 38.0. The second kappa shape index (κ2) is 40.1. The summed E-state index contributed by atoms with van der Waals surface area (Å²) in [5.74, 6) is -1.05. The molecule has 0 N–H and O–H groups in total. The van der Waals surface area contributed by atoms with Gasteiger partial charge in [0.15, 0.2) is 6.10 Å². The van der Waals surface area contributed by atoms with Crippen LogP contribution in [0.2, 0.25) is 0 Å². The minimum Gasteiger partial charge on any atom is -0.462 e. The maximum atomic E-state index is 12.6. The minimum atomic E-state index is -0.821. The molecule has 0 heterocycles. The molecule has 0 aliphatic rings. The van der Waals surface area contributed by atoms with Gasteiger partial charge in [-0.1, -0.05) is 163 Å². The van der Waals surface area contributed by atoms with Gasteiger partial charge < -0.3 is 14.2 Å². The number of rotatable bonds is 34. The van der Waals surface area contributed by atoms with E-state index in [2.05, 4.69) is 63.3 Å². The second-order valence-electron chi connectivity index (χ2n) is 13.0. The van der Waals surface area contributed by atoms with E-state index in [9.17, 15) is 14.4 Å². The Bertz CT molecular complexity index is 1100. The van der Waals surface area contributed by atoms with Gasteiger partial charge >= 0.3 is 17.9 Å². The van der Waals surface area contributed by atoms with Crippen molar-refractivity contribution in [3.8, 4) is 0 Å². The molecule has 0 bridgehead atoms. The molecule has 0 saturated heterocycles. The highest BCUT2D eigenvalue weighted by molar-refractivity contribution is 5.71. The summed E-state index contributed by atoms with van der Waals surface area (Å²) in [6.07, 6.45) is 51.1. The van der Waals surface area contributed by atoms with Gasteiger partial charge in [0.05, 0.1) is 0 Å². The quantitative estimate of drug-likeness (QED) is 0.0216. The van der Waals surface area contributed by atoms with Gasteiger partial charge in [-0.15, -0.1) is 0 Å². The van der Waals surface area contributed by atoms with Gasteiger partial charge in [-0.05, 0) is 70.6 Å². The second-order valence-corrected chi connectivity index (χ2v) is 13.0. The first-order valence-corrected chi connectivity index (χ1v) is 20.3. The minimum absolute atomic E-state index is 0.119. The van der Waals surface area contributed by atoms with Crippen LogP contribution in [0.5, 0.6) is 0 Å². The lowest BCUT2D eigenvalue weighted by Crippen LogP contribution is -2.30. The summed E-state index contributed by atoms with van der Waals surface area (Å²) >= 11 is 0. The Kier molecular flexibility index (Phi) is 37.3. The lowest BCUT2D eigenvalue weighted by molar-refractivity contribution is -0.167. The summed E-state index contributed by atoms with van der Waals surface area (Å²) in [6.45, 7) is 6.25. The molecule has 292 valence electrons. The van der Waals surface area contributed by atoms with Crippen LogP contribution in [0.25, 0.3) is 0 Å². The van der Waals surface area contributed by atoms with Gasteiger partial charge in [-0.25, -0.2) is 0 Å². The van der Waals surface area contributed by atoms with E-state index in [1.165, 1.54) is 25.7 Å². The molecular formula is C46H72O6. The third kappa shape index (κ3) is 37.6. The van der Waals surface area contributed by atoms with Gasteiger partial charge in [0, 0.05) is 19.3 Å². The Balaban J connectivity index is 4.59. The summed E-state index contributed by atoms with van der Waals surface area (Å²) in [5.41, 5.74) is 0. The Morgan fingerprint density at radius 1 is 0.404 bits per heavy atom. The molecule has 52 heavy (non-hydrogen) atoms. The van der Waals surface area contributed by atoms with Crippen molar-refractivity contribution in [1.29, 1.82) is 0 Å². The highest BCUT2D eigenvalue weighted by Gasteiger charge is 2.19. The van der Waals surface area contributed by atoms with Crippen molar-refractivity contribution in [2.45, 2.75) is 162 Å². The number of hydrogen-bond acceptors (Lipinski definition) is 6. The van der Waals surface area contributed by atoms with E-state index >= 15 is 0 Å². The van der Waals surface area contributed by atoms with Crippen LogP contribution in [0.4, 0.5) is 0 Å². The molecular weight excluding hydrogens is 648 g/mol. The van der Waals surface area contributed by atoms with Crippen LogP contribution >= 0.6 is 0 Å². The summed E-state index contributed by atoms with van der Waals surface area (Å²) in [7, 11) is 0. The number of carbonyl (C=O) groups is 3.